The van der Waals surface area contributed by atoms with Crippen LogP contribution in [0.1, 0.15) is 11.1 Å². The zero-order chi connectivity index (χ0) is 15.5. The summed E-state index contributed by atoms with van der Waals surface area (Å²) in [4.78, 5) is 0. The molecule has 1 nitrogen and oxygen atoms in total. The van der Waals surface area contributed by atoms with E-state index in [1.54, 1.807) is 0 Å². The number of hydrogen-bond donors (Lipinski definition) is 1. The monoisotopic (exact) mass is 314 g/mol. The summed E-state index contributed by atoms with van der Waals surface area (Å²) in [6.45, 7) is 1.08. The van der Waals surface area contributed by atoms with Crippen molar-refractivity contribution in [1.82, 2.24) is 5.32 Å². The maximum atomic E-state index is 3.90. The highest BCUT2D eigenvalue weighted by Gasteiger charge is 2.47. The third-order valence-electron chi connectivity index (χ3n) is 4.75. The molecule has 0 unspecified atom stereocenters. The summed E-state index contributed by atoms with van der Waals surface area (Å²) < 4.78 is 0. The topological polar surface area (TPSA) is 12.0 Å². The van der Waals surface area contributed by atoms with E-state index in [-0.39, 0.29) is 5.16 Å². The van der Waals surface area contributed by atoms with Crippen molar-refractivity contribution in [2.24, 2.45) is 0 Å². The van der Waals surface area contributed by atoms with Crippen molar-refractivity contribution in [1.29, 1.82) is 0 Å². The minimum absolute atomic E-state index is 0.0471. The molecule has 3 aromatic carbocycles. The summed E-state index contributed by atoms with van der Waals surface area (Å²) in [6.07, 6.45) is 0. The smallest absolute Gasteiger partial charge is 0.122 e. The summed E-state index contributed by atoms with van der Waals surface area (Å²) in [7, 11) is -0.803. The first kappa shape index (κ1) is 14.4. The van der Waals surface area contributed by atoms with Crippen LogP contribution in [0.3, 0.4) is 0 Å². The molecule has 0 aliphatic carbocycles. The Morgan fingerprint density at radius 1 is 0.652 bits per heavy atom. The van der Waals surface area contributed by atoms with Crippen molar-refractivity contribution >= 4 is 14.0 Å². The van der Waals surface area contributed by atoms with E-state index in [0.29, 0.717) is 0 Å². The first-order chi connectivity index (χ1) is 11.4. The first-order valence-electron chi connectivity index (χ1n) is 8.19. The Morgan fingerprint density at radius 2 is 1.13 bits per heavy atom. The number of benzene rings is 3. The lowest BCUT2D eigenvalue weighted by Gasteiger charge is -2.36. The molecule has 1 heterocycles. The Balaban J connectivity index is 1.93. The molecule has 113 valence electrons. The average Bonchev–Trinajstić information content (AvgIpc) is 3.10. The van der Waals surface area contributed by atoms with Crippen LogP contribution in [-0.2, 0) is 5.16 Å². The lowest BCUT2D eigenvalue weighted by atomic mass is 9.97. The van der Waals surface area contributed by atoms with Crippen LogP contribution >= 0.6 is 0 Å². The SMILES string of the molecule is c1ccc([Si]2CCNC2(c2ccccc2)c2ccccc2)cc1. The fraction of sp³-hybridized carbons (Fsp3) is 0.143. The van der Waals surface area contributed by atoms with Crippen LogP contribution in [-0.4, -0.2) is 15.3 Å². The molecule has 1 radical (unpaired) electrons. The van der Waals surface area contributed by atoms with Crippen LogP contribution < -0.4 is 10.5 Å². The van der Waals surface area contributed by atoms with Crippen LogP contribution in [0.5, 0.6) is 0 Å². The lowest BCUT2D eigenvalue weighted by Crippen LogP contribution is -2.54. The lowest BCUT2D eigenvalue weighted by molar-refractivity contribution is 0.595. The molecule has 0 bridgehead atoms. The third-order valence-corrected chi connectivity index (χ3v) is 8.19. The van der Waals surface area contributed by atoms with Crippen LogP contribution in [0.25, 0.3) is 0 Å². The Bertz CT molecular complexity index is 716. The van der Waals surface area contributed by atoms with E-state index in [1.807, 2.05) is 0 Å². The van der Waals surface area contributed by atoms with Crippen molar-refractivity contribution in [3.05, 3.63) is 102 Å². The highest BCUT2D eigenvalue weighted by atomic mass is 28.3. The van der Waals surface area contributed by atoms with Crippen molar-refractivity contribution in [2.45, 2.75) is 11.2 Å². The summed E-state index contributed by atoms with van der Waals surface area (Å²) in [5.74, 6) is 0. The molecule has 0 spiro atoms. The fourth-order valence-electron chi connectivity index (χ4n) is 3.76. The van der Waals surface area contributed by atoms with Crippen LogP contribution in [0, 0.1) is 0 Å². The van der Waals surface area contributed by atoms with Gasteiger partial charge in [0.05, 0.1) is 5.16 Å². The van der Waals surface area contributed by atoms with E-state index in [9.17, 15) is 0 Å². The predicted octanol–water partition coefficient (Wildman–Crippen LogP) is 3.47. The molecule has 23 heavy (non-hydrogen) atoms. The van der Waals surface area contributed by atoms with Gasteiger partial charge in [0.25, 0.3) is 0 Å². The maximum absolute atomic E-state index is 3.90. The van der Waals surface area contributed by atoms with E-state index in [2.05, 4.69) is 96.3 Å². The van der Waals surface area contributed by atoms with E-state index in [1.165, 1.54) is 22.4 Å². The molecule has 3 aromatic rings. The van der Waals surface area contributed by atoms with Gasteiger partial charge in [0.1, 0.15) is 8.80 Å². The average molecular weight is 314 g/mol. The van der Waals surface area contributed by atoms with Gasteiger partial charge in [-0.25, -0.2) is 0 Å². The third kappa shape index (κ3) is 2.44. The maximum Gasteiger partial charge on any atom is 0.122 e. The molecule has 1 saturated heterocycles. The van der Waals surface area contributed by atoms with Crippen LogP contribution in [0.2, 0.25) is 6.04 Å². The molecular formula is C21H20NSi. The van der Waals surface area contributed by atoms with Crippen LogP contribution in [0.15, 0.2) is 91.0 Å². The van der Waals surface area contributed by atoms with Gasteiger partial charge in [-0.05, 0) is 23.7 Å². The van der Waals surface area contributed by atoms with Gasteiger partial charge in [0.15, 0.2) is 0 Å². The number of nitrogens with one attached hydrogen (secondary N) is 1. The Morgan fingerprint density at radius 3 is 1.65 bits per heavy atom. The molecule has 0 aromatic heterocycles. The minimum Gasteiger partial charge on any atom is -0.307 e. The highest BCUT2D eigenvalue weighted by molar-refractivity contribution is 6.77. The molecule has 0 amide bonds. The van der Waals surface area contributed by atoms with Crippen molar-refractivity contribution in [3.63, 3.8) is 0 Å². The van der Waals surface area contributed by atoms with Crippen molar-refractivity contribution in [2.75, 3.05) is 6.54 Å². The summed E-state index contributed by atoms with van der Waals surface area (Å²) in [6, 6.07) is 34.3. The zero-order valence-electron chi connectivity index (χ0n) is 13.1. The number of rotatable bonds is 3. The normalized spacial score (nSPS) is 17.2. The number of hydrogen-bond acceptors (Lipinski definition) is 1. The summed E-state index contributed by atoms with van der Waals surface area (Å²) in [5, 5.41) is 5.36. The molecule has 1 N–H and O–H groups in total. The second-order valence-electron chi connectivity index (χ2n) is 6.00. The molecule has 1 aliphatic heterocycles. The van der Waals surface area contributed by atoms with E-state index < -0.39 is 8.80 Å². The standard InChI is InChI=1S/C21H20NSi/c1-4-10-18(11-5-1)21(19-12-6-2-7-13-19)22-16-17-23(21)20-14-8-3-9-15-20/h1-15,22H,16-17H2. The summed E-state index contributed by atoms with van der Waals surface area (Å²) >= 11 is 0. The van der Waals surface area contributed by atoms with Gasteiger partial charge < -0.3 is 5.32 Å². The van der Waals surface area contributed by atoms with Gasteiger partial charge in [-0.2, -0.15) is 0 Å². The van der Waals surface area contributed by atoms with Gasteiger partial charge in [-0.3, -0.25) is 0 Å². The van der Waals surface area contributed by atoms with Crippen molar-refractivity contribution in [3.8, 4) is 0 Å². The van der Waals surface area contributed by atoms with Gasteiger partial charge in [0.2, 0.25) is 0 Å². The van der Waals surface area contributed by atoms with E-state index >= 15 is 0 Å². The zero-order valence-corrected chi connectivity index (χ0v) is 14.1. The second-order valence-corrected chi connectivity index (χ2v) is 8.79. The molecule has 2 heteroatoms. The summed E-state index contributed by atoms with van der Waals surface area (Å²) in [5.41, 5.74) is 2.78. The molecule has 1 aliphatic rings. The van der Waals surface area contributed by atoms with Gasteiger partial charge in [0, 0.05) is 0 Å². The molecule has 0 atom stereocenters. The van der Waals surface area contributed by atoms with Crippen molar-refractivity contribution < 1.29 is 0 Å². The van der Waals surface area contributed by atoms with E-state index in [0.717, 1.165) is 6.54 Å². The molecular weight excluding hydrogens is 294 g/mol. The predicted molar refractivity (Wildman–Crippen MR) is 98.3 cm³/mol. The largest absolute Gasteiger partial charge is 0.307 e. The van der Waals surface area contributed by atoms with Gasteiger partial charge in [-0.1, -0.05) is 96.2 Å². The quantitative estimate of drug-likeness (QED) is 0.730. The minimum atomic E-state index is -0.803. The fourth-order valence-corrected chi connectivity index (χ4v) is 7.20. The first-order valence-corrected chi connectivity index (χ1v) is 9.90. The Kier molecular flexibility index (Phi) is 3.86. The second kappa shape index (κ2) is 6.15. The molecule has 4 rings (SSSR count). The highest BCUT2D eigenvalue weighted by Crippen LogP contribution is 2.37. The van der Waals surface area contributed by atoms with E-state index in [4.69, 9.17) is 0 Å². The van der Waals surface area contributed by atoms with Gasteiger partial charge >= 0.3 is 0 Å². The Hall–Kier alpha value is -2.16. The van der Waals surface area contributed by atoms with Gasteiger partial charge in [-0.15, -0.1) is 0 Å². The van der Waals surface area contributed by atoms with Crippen LogP contribution in [0.4, 0.5) is 0 Å². The molecule has 1 fully saturated rings. The molecule has 0 saturated carbocycles. The Labute approximate surface area is 139 Å².